The van der Waals surface area contributed by atoms with E-state index in [1.54, 1.807) is 36.1 Å². The first-order chi connectivity index (χ1) is 10.8. The lowest BCUT2D eigenvalue weighted by Gasteiger charge is -2.29. The number of nitrogens with one attached hydrogen (secondary N) is 1. The third-order valence-corrected chi connectivity index (χ3v) is 5.44. The molecule has 1 N–H and O–H groups in total. The van der Waals surface area contributed by atoms with Crippen molar-refractivity contribution in [2.75, 3.05) is 26.3 Å². The van der Waals surface area contributed by atoms with E-state index in [0.717, 1.165) is 5.56 Å². The van der Waals surface area contributed by atoms with Gasteiger partial charge < -0.3 is 9.64 Å². The number of hydrogen-bond acceptors (Lipinski definition) is 4. The molecular formula is C16H24N2O4S. The molecule has 1 aliphatic rings. The van der Waals surface area contributed by atoms with Crippen molar-refractivity contribution in [1.29, 1.82) is 0 Å². The highest BCUT2D eigenvalue weighted by molar-refractivity contribution is 7.89. The minimum Gasteiger partial charge on any atom is -0.378 e. The Morgan fingerprint density at radius 3 is 2.22 bits per heavy atom. The standard InChI is InChI=1S/C16H24N2O4S/c1-12(2)14-4-6-15(7-5-14)23(20,21)17-13(3)16(19)18-8-10-22-11-9-18/h4-7,12-13,17H,8-11H2,1-3H3. The van der Waals surface area contributed by atoms with E-state index in [1.807, 2.05) is 13.8 Å². The van der Waals surface area contributed by atoms with Gasteiger partial charge in [-0.1, -0.05) is 26.0 Å². The van der Waals surface area contributed by atoms with Crippen molar-refractivity contribution in [2.45, 2.75) is 37.6 Å². The van der Waals surface area contributed by atoms with Crippen molar-refractivity contribution in [3.8, 4) is 0 Å². The summed E-state index contributed by atoms with van der Waals surface area (Å²) >= 11 is 0. The van der Waals surface area contributed by atoms with Gasteiger partial charge in [-0.3, -0.25) is 4.79 Å². The average Bonchev–Trinajstić information content (AvgIpc) is 2.54. The van der Waals surface area contributed by atoms with Crippen LogP contribution in [0.5, 0.6) is 0 Å². The van der Waals surface area contributed by atoms with Crippen molar-refractivity contribution in [2.24, 2.45) is 0 Å². The molecule has 1 atom stereocenters. The summed E-state index contributed by atoms with van der Waals surface area (Å²) in [6.07, 6.45) is 0. The Hall–Kier alpha value is -1.44. The van der Waals surface area contributed by atoms with Gasteiger partial charge in [-0.15, -0.1) is 0 Å². The fourth-order valence-electron chi connectivity index (χ4n) is 2.44. The summed E-state index contributed by atoms with van der Waals surface area (Å²) in [5.74, 6) is 0.109. The molecule has 7 heteroatoms. The van der Waals surface area contributed by atoms with Crippen LogP contribution in [0.2, 0.25) is 0 Å². The SMILES string of the molecule is CC(NS(=O)(=O)c1ccc(C(C)C)cc1)C(=O)N1CCOCC1. The van der Waals surface area contributed by atoms with Gasteiger partial charge in [0.15, 0.2) is 0 Å². The van der Waals surface area contributed by atoms with Gasteiger partial charge in [0.25, 0.3) is 0 Å². The first-order valence-electron chi connectivity index (χ1n) is 7.80. The van der Waals surface area contributed by atoms with Crippen molar-refractivity contribution in [1.82, 2.24) is 9.62 Å². The monoisotopic (exact) mass is 340 g/mol. The molecule has 0 spiro atoms. The Labute approximate surface area is 137 Å². The molecule has 0 aliphatic carbocycles. The number of nitrogens with zero attached hydrogens (tertiary/aromatic N) is 1. The Kier molecular flexibility index (Phi) is 5.78. The number of hydrogen-bond donors (Lipinski definition) is 1. The maximum Gasteiger partial charge on any atom is 0.241 e. The van der Waals surface area contributed by atoms with Gasteiger partial charge in [-0.25, -0.2) is 8.42 Å². The first kappa shape index (κ1) is 17.9. The lowest BCUT2D eigenvalue weighted by Crippen LogP contribution is -2.50. The number of sulfonamides is 1. The topological polar surface area (TPSA) is 75.7 Å². The number of carbonyl (C=O) groups excluding carboxylic acids is 1. The molecule has 1 saturated heterocycles. The number of morpholine rings is 1. The molecule has 0 saturated carbocycles. The number of amides is 1. The average molecular weight is 340 g/mol. The van der Waals surface area contributed by atoms with E-state index >= 15 is 0 Å². The van der Waals surface area contributed by atoms with Gasteiger partial charge in [0, 0.05) is 13.1 Å². The van der Waals surface area contributed by atoms with Crippen LogP contribution in [0.15, 0.2) is 29.2 Å². The van der Waals surface area contributed by atoms with Crippen LogP contribution in [0, 0.1) is 0 Å². The Balaban J connectivity index is 2.05. The van der Waals surface area contributed by atoms with E-state index in [-0.39, 0.29) is 10.8 Å². The molecule has 1 unspecified atom stereocenters. The van der Waals surface area contributed by atoms with Crippen molar-refractivity contribution in [3.05, 3.63) is 29.8 Å². The summed E-state index contributed by atoms with van der Waals surface area (Å²) in [7, 11) is -3.71. The lowest BCUT2D eigenvalue weighted by molar-refractivity contribution is -0.136. The second kappa shape index (κ2) is 7.42. The highest BCUT2D eigenvalue weighted by Crippen LogP contribution is 2.17. The van der Waals surface area contributed by atoms with Crippen LogP contribution in [-0.4, -0.2) is 51.6 Å². The molecule has 0 radical (unpaired) electrons. The van der Waals surface area contributed by atoms with Gasteiger partial charge in [0.05, 0.1) is 24.2 Å². The van der Waals surface area contributed by atoms with Crippen LogP contribution in [0.4, 0.5) is 0 Å². The fraction of sp³-hybridized carbons (Fsp3) is 0.562. The normalized spacial score (nSPS) is 17.3. The van der Waals surface area contributed by atoms with Crippen molar-refractivity contribution < 1.29 is 17.9 Å². The van der Waals surface area contributed by atoms with Crippen LogP contribution in [0.1, 0.15) is 32.3 Å². The molecule has 1 amide bonds. The smallest absolute Gasteiger partial charge is 0.241 e. The summed E-state index contributed by atoms with van der Waals surface area (Å²) in [5, 5.41) is 0. The summed E-state index contributed by atoms with van der Waals surface area (Å²) in [4.78, 5) is 14.1. The maximum atomic E-state index is 12.4. The largest absolute Gasteiger partial charge is 0.378 e. The number of ether oxygens (including phenoxy) is 1. The van der Waals surface area contributed by atoms with Crippen molar-refractivity contribution in [3.63, 3.8) is 0 Å². The second-order valence-electron chi connectivity index (χ2n) is 6.00. The molecule has 2 rings (SSSR count). The summed E-state index contributed by atoms with van der Waals surface area (Å²) in [6, 6.07) is 5.94. The van der Waals surface area contributed by atoms with E-state index in [1.165, 1.54) is 0 Å². The van der Waals surface area contributed by atoms with E-state index in [4.69, 9.17) is 4.74 Å². The molecule has 128 valence electrons. The number of carbonyl (C=O) groups is 1. The molecule has 1 heterocycles. The van der Waals surface area contributed by atoms with E-state index < -0.39 is 16.1 Å². The van der Waals surface area contributed by atoms with E-state index in [9.17, 15) is 13.2 Å². The predicted molar refractivity (Wildman–Crippen MR) is 87.7 cm³/mol. The minimum atomic E-state index is -3.71. The maximum absolute atomic E-state index is 12.4. The molecule has 6 nitrogen and oxygen atoms in total. The highest BCUT2D eigenvalue weighted by Gasteiger charge is 2.26. The third-order valence-electron chi connectivity index (χ3n) is 3.88. The van der Waals surface area contributed by atoms with Gasteiger partial charge in [0.2, 0.25) is 15.9 Å². The number of rotatable bonds is 5. The molecular weight excluding hydrogens is 316 g/mol. The van der Waals surface area contributed by atoms with Crippen LogP contribution in [-0.2, 0) is 19.6 Å². The van der Waals surface area contributed by atoms with Gasteiger partial charge in [-0.2, -0.15) is 4.72 Å². The third kappa shape index (κ3) is 4.53. The zero-order chi connectivity index (χ0) is 17.0. The Morgan fingerprint density at radius 1 is 1.13 bits per heavy atom. The second-order valence-corrected chi connectivity index (χ2v) is 7.72. The molecule has 1 fully saturated rings. The van der Waals surface area contributed by atoms with Crippen LogP contribution < -0.4 is 4.72 Å². The molecule has 1 aliphatic heterocycles. The summed E-state index contributed by atoms with van der Waals surface area (Å²) in [6.45, 7) is 7.62. The van der Waals surface area contributed by atoms with Gasteiger partial charge in [-0.05, 0) is 30.5 Å². The molecule has 0 bridgehead atoms. The van der Waals surface area contributed by atoms with Crippen molar-refractivity contribution >= 4 is 15.9 Å². The van der Waals surface area contributed by atoms with E-state index in [0.29, 0.717) is 32.2 Å². The van der Waals surface area contributed by atoms with Gasteiger partial charge in [0.1, 0.15) is 0 Å². The first-order valence-corrected chi connectivity index (χ1v) is 9.28. The Bertz CT molecular complexity index is 635. The lowest BCUT2D eigenvalue weighted by atomic mass is 10.0. The quantitative estimate of drug-likeness (QED) is 0.877. The van der Waals surface area contributed by atoms with Crippen LogP contribution in [0.25, 0.3) is 0 Å². The van der Waals surface area contributed by atoms with Crippen LogP contribution in [0.3, 0.4) is 0 Å². The summed E-state index contributed by atoms with van der Waals surface area (Å²) < 4.78 is 32.5. The van der Waals surface area contributed by atoms with E-state index in [2.05, 4.69) is 4.72 Å². The fourth-order valence-corrected chi connectivity index (χ4v) is 3.64. The molecule has 1 aromatic rings. The van der Waals surface area contributed by atoms with Gasteiger partial charge >= 0.3 is 0 Å². The Morgan fingerprint density at radius 2 is 1.70 bits per heavy atom. The molecule has 0 aromatic heterocycles. The summed E-state index contributed by atoms with van der Waals surface area (Å²) in [5.41, 5.74) is 1.07. The zero-order valence-corrected chi connectivity index (χ0v) is 14.6. The zero-order valence-electron chi connectivity index (χ0n) is 13.8. The number of benzene rings is 1. The van der Waals surface area contributed by atoms with Crippen LogP contribution >= 0.6 is 0 Å². The minimum absolute atomic E-state index is 0.170. The predicted octanol–water partition coefficient (Wildman–Crippen LogP) is 1.34. The highest BCUT2D eigenvalue weighted by atomic mass is 32.2. The molecule has 23 heavy (non-hydrogen) atoms. The molecule has 1 aromatic carbocycles.